The van der Waals surface area contributed by atoms with Crippen molar-refractivity contribution in [3.63, 3.8) is 0 Å². The van der Waals surface area contributed by atoms with E-state index in [4.69, 9.17) is 11.6 Å². The highest BCUT2D eigenvalue weighted by atomic mass is 35.5. The molecule has 0 unspecified atom stereocenters. The predicted octanol–water partition coefficient (Wildman–Crippen LogP) is 3.40. The van der Waals surface area contributed by atoms with Gasteiger partial charge in [0, 0.05) is 12.2 Å². The topological polar surface area (TPSA) is 77.6 Å². The predicted molar refractivity (Wildman–Crippen MR) is 96.3 cm³/mol. The van der Waals surface area contributed by atoms with E-state index in [2.05, 4.69) is 20.5 Å². The monoisotopic (exact) mass is 358 g/mol. The van der Waals surface area contributed by atoms with Gasteiger partial charge in [-0.25, -0.2) is 9.67 Å². The number of anilines is 1. The van der Waals surface area contributed by atoms with E-state index in [1.165, 1.54) is 0 Å². The van der Waals surface area contributed by atoms with Gasteiger partial charge < -0.3 is 0 Å². The van der Waals surface area contributed by atoms with Gasteiger partial charge in [-0.3, -0.25) is 14.8 Å². The third-order valence-electron chi connectivity index (χ3n) is 3.66. The zero-order valence-corrected chi connectivity index (χ0v) is 15.1. The van der Waals surface area contributed by atoms with Crippen LogP contribution in [0.5, 0.6) is 0 Å². The molecule has 1 aromatic carbocycles. The zero-order chi connectivity index (χ0) is 18.0. The molecule has 0 aliphatic heterocycles. The Morgan fingerprint density at radius 3 is 2.72 bits per heavy atom. The summed E-state index contributed by atoms with van der Waals surface area (Å²) in [7, 11) is 0. The third kappa shape index (κ3) is 3.71. The number of halogens is 1. The van der Waals surface area contributed by atoms with Crippen LogP contribution in [-0.2, 0) is 6.54 Å². The second-order valence-electron chi connectivity index (χ2n) is 5.79. The normalized spacial score (nSPS) is 10.9. The maximum atomic E-state index is 12.6. The van der Waals surface area contributed by atoms with Crippen molar-refractivity contribution >= 4 is 23.5 Å². The van der Waals surface area contributed by atoms with Gasteiger partial charge in [-0.2, -0.15) is 5.10 Å². The van der Waals surface area contributed by atoms with Gasteiger partial charge in [0.2, 0.25) is 5.95 Å². The summed E-state index contributed by atoms with van der Waals surface area (Å²) in [5.41, 5.74) is 3.00. The molecule has 25 heavy (non-hydrogen) atoms. The first kappa shape index (κ1) is 17.2. The Hall–Kier alpha value is -2.67. The largest absolute Gasteiger partial charge is 0.289 e. The Bertz CT molecular complexity index is 914. The van der Waals surface area contributed by atoms with Gasteiger partial charge in [0.15, 0.2) is 0 Å². The lowest BCUT2D eigenvalue weighted by atomic mass is 10.2. The standard InChI is InChI=1S/C17H19ClN6O/c1-4-7-23-10-19-17(22-23)20-16(25)14-9-13(5-6-15(14)18)24-12(3)8-11(2)21-24/h5-6,8-10H,4,7H2,1-3H3,(H,20,22,25). The van der Waals surface area contributed by atoms with E-state index >= 15 is 0 Å². The number of benzene rings is 1. The molecular formula is C17H19ClN6O. The Kier molecular flexibility index (Phi) is 4.85. The number of rotatable bonds is 5. The first-order valence-corrected chi connectivity index (χ1v) is 8.39. The van der Waals surface area contributed by atoms with Crippen molar-refractivity contribution in [2.75, 3.05) is 5.32 Å². The fourth-order valence-corrected chi connectivity index (χ4v) is 2.77. The highest BCUT2D eigenvalue weighted by Gasteiger charge is 2.15. The van der Waals surface area contributed by atoms with E-state index in [0.29, 0.717) is 10.6 Å². The minimum absolute atomic E-state index is 0.256. The number of carbonyl (C=O) groups is 1. The van der Waals surface area contributed by atoms with Crippen molar-refractivity contribution in [3.05, 3.63) is 52.6 Å². The Morgan fingerprint density at radius 1 is 1.24 bits per heavy atom. The van der Waals surface area contributed by atoms with Gasteiger partial charge in [-0.15, -0.1) is 5.10 Å². The van der Waals surface area contributed by atoms with Crippen LogP contribution < -0.4 is 5.32 Å². The van der Waals surface area contributed by atoms with Gasteiger partial charge in [-0.1, -0.05) is 18.5 Å². The number of nitrogens with zero attached hydrogens (tertiary/aromatic N) is 5. The van der Waals surface area contributed by atoms with Crippen LogP contribution in [0.15, 0.2) is 30.6 Å². The minimum Gasteiger partial charge on any atom is -0.289 e. The SMILES string of the molecule is CCCn1cnc(NC(=O)c2cc(-n3nc(C)cc3C)ccc2Cl)n1. The Labute approximate surface area is 150 Å². The number of aromatic nitrogens is 5. The van der Waals surface area contributed by atoms with E-state index in [0.717, 1.165) is 30.0 Å². The van der Waals surface area contributed by atoms with Crippen molar-refractivity contribution in [2.45, 2.75) is 33.7 Å². The molecule has 0 saturated heterocycles. The maximum absolute atomic E-state index is 12.6. The van der Waals surface area contributed by atoms with Crippen LogP contribution >= 0.6 is 11.6 Å². The number of aryl methyl sites for hydroxylation is 3. The molecule has 130 valence electrons. The molecule has 7 nitrogen and oxygen atoms in total. The van der Waals surface area contributed by atoms with Crippen LogP contribution in [0.25, 0.3) is 5.69 Å². The summed E-state index contributed by atoms with van der Waals surface area (Å²) in [6.45, 7) is 6.67. The molecule has 1 amide bonds. The molecule has 0 radical (unpaired) electrons. The number of nitrogens with one attached hydrogen (secondary N) is 1. The summed E-state index contributed by atoms with van der Waals surface area (Å²) in [4.78, 5) is 16.6. The average molecular weight is 359 g/mol. The fraction of sp³-hybridized carbons (Fsp3) is 0.294. The Morgan fingerprint density at radius 2 is 2.04 bits per heavy atom. The second kappa shape index (κ2) is 7.06. The van der Waals surface area contributed by atoms with Gasteiger partial charge in [0.05, 0.1) is 22.0 Å². The first-order valence-electron chi connectivity index (χ1n) is 8.02. The van der Waals surface area contributed by atoms with Crippen LogP contribution in [0.2, 0.25) is 5.02 Å². The number of amides is 1. The molecule has 2 heterocycles. The molecule has 0 bridgehead atoms. The molecular weight excluding hydrogens is 340 g/mol. The van der Waals surface area contributed by atoms with E-state index < -0.39 is 0 Å². The fourth-order valence-electron chi connectivity index (χ4n) is 2.57. The summed E-state index contributed by atoms with van der Waals surface area (Å²) < 4.78 is 3.46. The molecule has 2 aromatic heterocycles. The summed E-state index contributed by atoms with van der Waals surface area (Å²) in [5.74, 6) is -0.103. The second-order valence-corrected chi connectivity index (χ2v) is 6.20. The van der Waals surface area contributed by atoms with Crippen LogP contribution in [0.4, 0.5) is 5.95 Å². The van der Waals surface area contributed by atoms with E-state index in [9.17, 15) is 4.79 Å². The van der Waals surface area contributed by atoms with Crippen LogP contribution in [0, 0.1) is 13.8 Å². The molecule has 8 heteroatoms. The average Bonchev–Trinajstić information content (AvgIpc) is 3.14. The molecule has 3 aromatic rings. The molecule has 1 N–H and O–H groups in total. The molecule has 0 saturated carbocycles. The van der Waals surface area contributed by atoms with E-state index in [1.807, 2.05) is 32.9 Å². The minimum atomic E-state index is -0.359. The lowest BCUT2D eigenvalue weighted by Crippen LogP contribution is -2.15. The third-order valence-corrected chi connectivity index (χ3v) is 3.99. The van der Waals surface area contributed by atoms with Gasteiger partial charge in [0.1, 0.15) is 6.33 Å². The maximum Gasteiger partial charge on any atom is 0.259 e. The highest BCUT2D eigenvalue weighted by Crippen LogP contribution is 2.22. The highest BCUT2D eigenvalue weighted by molar-refractivity contribution is 6.34. The molecule has 0 aliphatic carbocycles. The van der Waals surface area contributed by atoms with Gasteiger partial charge in [0.25, 0.3) is 5.91 Å². The summed E-state index contributed by atoms with van der Waals surface area (Å²) in [5, 5.41) is 11.7. The van der Waals surface area contributed by atoms with Gasteiger partial charge in [-0.05, 0) is 44.5 Å². The van der Waals surface area contributed by atoms with Crippen molar-refractivity contribution in [1.82, 2.24) is 24.5 Å². The number of hydrogen-bond donors (Lipinski definition) is 1. The molecule has 0 atom stereocenters. The molecule has 3 rings (SSSR count). The first-order chi connectivity index (χ1) is 12.0. The van der Waals surface area contributed by atoms with Crippen molar-refractivity contribution in [2.24, 2.45) is 0 Å². The van der Waals surface area contributed by atoms with Crippen molar-refractivity contribution in [1.29, 1.82) is 0 Å². The molecule has 0 fully saturated rings. The lowest BCUT2D eigenvalue weighted by Gasteiger charge is -2.09. The summed E-state index contributed by atoms with van der Waals surface area (Å²) in [6, 6.07) is 7.19. The summed E-state index contributed by atoms with van der Waals surface area (Å²) in [6.07, 6.45) is 2.53. The van der Waals surface area contributed by atoms with Crippen LogP contribution in [0.1, 0.15) is 35.1 Å². The summed E-state index contributed by atoms with van der Waals surface area (Å²) >= 11 is 6.21. The number of carbonyl (C=O) groups excluding carboxylic acids is 1. The quantitative estimate of drug-likeness (QED) is 0.758. The molecule has 0 spiro atoms. The van der Waals surface area contributed by atoms with E-state index in [1.54, 1.807) is 27.8 Å². The Balaban J connectivity index is 1.86. The lowest BCUT2D eigenvalue weighted by molar-refractivity contribution is 0.102. The van der Waals surface area contributed by atoms with Crippen molar-refractivity contribution in [3.8, 4) is 5.69 Å². The van der Waals surface area contributed by atoms with Gasteiger partial charge >= 0.3 is 0 Å². The smallest absolute Gasteiger partial charge is 0.259 e. The van der Waals surface area contributed by atoms with Crippen LogP contribution in [-0.4, -0.2) is 30.5 Å². The zero-order valence-electron chi connectivity index (χ0n) is 14.3. The molecule has 0 aliphatic rings. The van der Waals surface area contributed by atoms with E-state index in [-0.39, 0.29) is 11.9 Å². The van der Waals surface area contributed by atoms with Crippen LogP contribution in [0.3, 0.4) is 0 Å². The number of hydrogen-bond acceptors (Lipinski definition) is 4. The van der Waals surface area contributed by atoms with Crippen molar-refractivity contribution < 1.29 is 4.79 Å².